The fourth-order valence-corrected chi connectivity index (χ4v) is 1.13. The normalized spacial score (nSPS) is 10.1. The molecule has 15 heavy (non-hydrogen) atoms. The van der Waals surface area contributed by atoms with E-state index in [0.717, 1.165) is 0 Å². The van der Waals surface area contributed by atoms with Crippen LogP contribution >= 0.6 is 0 Å². The lowest BCUT2D eigenvalue weighted by molar-refractivity contribution is -0.116. The molecule has 0 aromatic carbocycles. The van der Waals surface area contributed by atoms with Gasteiger partial charge in [0.1, 0.15) is 12.4 Å². The Labute approximate surface area is 85.3 Å². The van der Waals surface area contributed by atoms with Gasteiger partial charge in [-0.3, -0.25) is 14.6 Å². The highest BCUT2D eigenvalue weighted by Crippen LogP contribution is 2.00. The first kappa shape index (κ1) is 9.25. The number of nitrogens with two attached hydrogens (primary N) is 1. The molecule has 2 aromatic rings. The number of nitrogen functional groups attached to an aromatic ring is 1. The minimum Gasteiger partial charge on any atom is -0.396 e. The maximum absolute atomic E-state index is 11.4. The molecule has 0 bridgehead atoms. The Hall–Kier alpha value is -2.31. The van der Waals surface area contributed by atoms with Gasteiger partial charge in [0.05, 0.1) is 18.1 Å². The fourth-order valence-electron chi connectivity index (χ4n) is 1.13. The molecule has 0 fully saturated rings. The molecular formula is C8H10N6O. The van der Waals surface area contributed by atoms with Crippen LogP contribution in [0.3, 0.4) is 0 Å². The lowest BCUT2D eigenvalue weighted by atomic mass is 10.5. The number of carbonyl (C=O) groups is 1. The summed E-state index contributed by atoms with van der Waals surface area (Å²) in [6, 6.07) is 1.66. The molecule has 0 unspecified atom stereocenters. The van der Waals surface area contributed by atoms with Crippen LogP contribution in [-0.2, 0) is 11.3 Å². The third kappa shape index (κ3) is 2.33. The van der Waals surface area contributed by atoms with Gasteiger partial charge >= 0.3 is 0 Å². The van der Waals surface area contributed by atoms with Crippen molar-refractivity contribution in [3.05, 3.63) is 24.7 Å². The van der Waals surface area contributed by atoms with Gasteiger partial charge in [0.25, 0.3) is 0 Å². The molecule has 7 nitrogen and oxygen atoms in total. The van der Waals surface area contributed by atoms with Crippen molar-refractivity contribution in [2.45, 2.75) is 6.54 Å². The number of aromatic amines is 1. The first-order valence-electron chi connectivity index (χ1n) is 4.31. The van der Waals surface area contributed by atoms with Gasteiger partial charge in [-0.15, -0.1) is 0 Å². The minimum absolute atomic E-state index is 0.121. The van der Waals surface area contributed by atoms with E-state index in [2.05, 4.69) is 20.6 Å². The molecule has 0 saturated carbocycles. The molecule has 0 aliphatic carbocycles. The van der Waals surface area contributed by atoms with E-state index < -0.39 is 0 Å². The quantitative estimate of drug-likeness (QED) is 0.648. The monoisotopic (exact) mass is 206 g/mol. The van der Waals surface area contributed by atoms with E-state index in [9.17, 15) is 4.79 Å². The molecule has 0 aliphatic heterocycles. The Bertz CT molecular complexity index is 445. The van der Waals surface area contributed by atoms with Crippen LogP contribution in [-0.4, -0.2) is 25.9 Å². The van der Waals surface area contributed by atoms with E-state index in [1.807, 2.05) is 0 Å². The number of H-pyrrole nitrogens is 1. The van der Waals surface area contributed by atoms with E-state index in [0.29, 0.717) is 11.5 Å². The average Bonchev–Trinajstić information content (AvgIpc) is 2.77. The molecule has 2 rings (SSSR count). The van der Waals surface area contributed by atoms with Crippen molar-refractivity contribution >= 4 is 17.4 Å². The summed E-state index contributed by atoms with van der Waals surface area (Å²) < 4.78 is 1.46. The number of aromatic nitrogens is 4. The number of amides is 1. The van der Waals surface area contributed by atoms with Gasteiger partial charge in [0, 0.05) is 12.3 Å². The predicted octanol–water partition coefficient (Wildman–Crippen LogP) is -0.173. The number of hydrogen-bond acceptors (Lipinski definition) is 4. The molecule has 2 aromatic heterocycles. The molecule has 78 valence electrons. The summed E-state index contributed by atoms with van der Waals surface area (Å²) in [5, 5.41) is 12.8. The third-order valence-corrected chi connectivity index (χ3v) is 1.73. The molecule has 1 amide bonds. The molecule has 0 atom stereocenters. The lowest BCUT2D eigenvalue weighted by Gasteiger charge is -2.01. The Morgan fingerprint density at radius 1 is 1.67 bits per heavy atom. The zero-order chi connectivity index (χ0) is 10.7. The van der Waals surface area contributed by atoms with Gasteiger partial charge < -0.3 is 11.1 Å². The van der Waals surface area contributed by atoms with Crippen molar-refractivity contribution in [3.63, 3.8) is 0 Å². The minimum atomic E-state index is -0.192. The van der Waals surface area contributed by atoms with Crippen molar-refractivity contribution in [3.8, 4) is 0 Å². The Morgan fingerprint density at radius 3 is 3.13 bits per heavy atom. The van der Waals surface area contributed by atoms with Crippen molar-refractivity contribution < 1.29 is 4.79 Å². The molecule has 7 heteroatoms. The molecule has 2 heterocycles. The van der Waals surface area contributed by atoms with E-state index in [-0.39, 0.29) is 12.5 Å². The summed E-state index contributed by atoms with van der Waals surface area (Å²) in [6.07, 6.45) is 4.64. The lowest BCUT2D eigenvalue weighted by Crippen LogP contribution is -2.19. The summed E-state index contributed by atoms with van der Waals surface area (Å²) in [4.78, 5) is 11.4. The molecular weight excluding hydrogens is 196 g/mol. The summed E-state index contributed by atoms with van der Waals surface area (Å²) >= 11 is 0. The second-order valence-electron chi connectivity index (χ2n) is 2.99. The first-order chi connectivity index (χ1) is 7.24. The first-order valence-corrected chi connectivity index (χ1v) is 4.31. The number of nitrogens with zero attached hydrogens (tertiary/aromatic N) is 3. The highest BCUT2D eigenvalue weighted by Gasteiger charge is 2.04. The number of rotatable bonds is 3. The van der Waals surface area contributed by atoms with Crippen LogP contribution < -0.4 is 11.1 Å². The molecule has 0 saturated heterocycles. The smallest absolute Gasteiger partial charge is 0.247 e. The average molecular weight is 206 g/mol. The summed E-state index contributed by atoms with van der Waals surface area (Å²) in [7, 11) is 0. The molecule has 0 aliphatic rings. The van der Waals surface area contributed by atoms with Crippen molar-refractivity contribution in [1.82, 2.24) is 20.0 Å². The second kappa shape index (κ2) is 3.82. The van der Waals surface area contributed by atoms with E-state index in [1.54, 1.807) is 18.5 Å². The fraction of sp³-hybridized carbons (Fsp3) is 0.125. The van der Waals surface area contributed by atoms with Crippen LogP contribution in [0.15, 0.2) is 24.7 Å². The van der Waals surface area contributed by atoms with Crippen LogP contribution in [0.2, 0.25) is 0 Å². The Balaban J connectivity index is 1.93. The topological polar surface area (TPSA) is 102 Å². The predicted molar refractivity (Wildman–Crippen MR) is 53.9 cm³/mol. The summed E-state index contributed by atoms with van der Waals surface area (Å²) in [5.74, 6) is 0.363. The van der Waals surface area contributed by atoms with Crippen molar-refractivity contribution in [1.29, 1.82) is 0 Å². The van der Waals surface area contributed by atoms with E-state index >= 15 is 0 Å². The zero-order valence-corrected chi connectivity index (χ0v) is 7.84. The summed E-state index contributed by atoms with van der Waals surface area (Å²) in [6.45, 7) is 0.121. The highest BCUT2D eigenvalue weighted by atomic mass is 16.2. The van der Waals surface area contributed by atoms with Gasteiger partial charge in [-0.1, -0.05) is 0 Å². The number of anilines is 2. The van der Waals surface area contributed by atoms with Crippen LogP contribution in [0, 0.1) is 0 Å². The molecule has 4 N–H and O–H groups in total. The molecule has 0 spiro atoms. The van der Waals surface area contributed by atoms with Gasteiger partial charge in [0.15, 0.2) is 0 Å². The highest BCUT2D eigenvalue weighted by molar-refractivity contribution is 5.89. The largest absolute Gasteiger partial charge is 0.396 e. The van der Waals surface area contributed by atoms with Gasteiger partial charge in [-0.2, -0.15) is 10.2 Å². The zero-order valence-electron chi connectivity index (χ0n) is 7.84. The van der Waals surface area contributed by atoms with Crippen molar-refractivity contribution in [2.24, 2.45) is 0 Å². The maximum Gasteiger partial charge on any atom is 0.247 e. The van der Waals surface area contributed by atoms with Crippen LogP contribution in [0.1, 0.15) is 0 Å². The third-order valence-electron chi connectivity index (χ3n) is 1.73. The SMILES string of the molecule is Nc1cnn(CC(=O)Nc2ccn[nH]2)c1. The van der Waals surface area contributed by atoms with E-state index in [1.165, 1.54) is 10.9 Å². The Morgan fingerprint density at radius 2 is 2.53 bits per heavy atom. The number of nitrogens with one attached hydrogen (secondary N) is 2. The van der Waals surface area contributed by atoms with Crippen LogP contribution in [0.25, 0.3) is 0 Å². The number of hydrogen-bond donors (Lipinski definition) is 3. The van der Waals surface area contributed by atoms with Gasteiger partial charge in [-0.25, -0.2) is 0 Å². The van der Waals surface area contributed by atoms with Crippen LogP contribution in [0.4, 0.5) is 11.5 Å². The maximum atomic E-state index is 11.4. The Kier molecular flexibility index (Phi) is 2.36. The molecule has 0 radical (unpaired) electrons. The van der Waals surface area contributed by atoms with Crippen LogP contribution in [0.5, 0.6) is 0 Å². The van der Waals surface area contributed by atoms with E-state index in [4.69, 9.17) is 5.73 Å². The van der Waals surface area contributed by atoms with Gasteiger partial charge in [0.2, 0.25) is 5.91 Å². The second-order valence-corrected chi connectivity index (χ2v) is 2.99. The van der Waals surface area contributed by atoms with Gasteiger partial charge in [-0.05, 0) is 0 Å². The van der Waals surface area contributed by atoms with Crippen molar-refractivity contribution in [2.75, 3.05) is 11.1 Å². The standard InChI is InChI=1S/C8H10N6O/c9-6-3-11-14(4-6)5-8(15)12-7-1-2-10-13-7/h1-4H,5,9H2,(H2,10,12,13,15). The summed E-state index contributed by atoms with van der Waals surface area (Å²) in [5.41, 5.74) is 5.99. The number of carbonyl (C=O) groups excluding carboxylic acids is 1.